The molecule has 2 heterocycles. The van der Waals surface area contributed by atoms with E-state index in [0.29, 0.717) is 52.7 Å². The molecule has 1 amide bonds. The highest BCUT2D eigenvalue weighted by atomic mass is 35.5. The summed E-state index contributed by atoms with van der Waals surface area (Å²) in [4.78, 5) is 43.3. The number of para-hydroxylation sites is 1. The summed E-state index contributed by atoms with van der Waals surface area (Å²) >= 11 is 7.19. The first-order valence-corrected chi connectivity index (χ1v) is 11.2. The van der Waals surface area contributed by atoms with Crippen LogP contribution in [0, 0.1) is 5.92 Å². The molecule has 1 fully saturated rings. The number of carbonyl (C=O) groups excluding carboxylic acids is 1. The predicted octanol–water partition coefficient (Wildman–Crippen LogP) is 3.45. The second-order valence-corrected chi connectivity index (χ2v) is 8.69. The first kappa shape index (κ1) is 21.4. The van der Waals surface area contributed by atoms with Crippen LogP contribution in [0.25, 0.3) is 16.6 Å². The molecular weight excluding hydrogens is 438 g/mol. The normalized spacial score (nSPS) is 14.7. The number of fused-ring (bicyclic) bond motifs is 1. The molecule has 1 aliphatic heterocycles. The molecule has 9 heteroatoms. The van der Waals surface area contributed by atoms with Gasteiger partial charge in [-0.1, -0.05) is 35.5 Å². The molecule has 0 unspecified atom stereocenters. The lowest BCUT2D eigenvalue weighted by Gasteiger charge is -2.30. The summed E-state index contributed by atoms with van der Waals surface area (Å²) in [7, 11) is 0. The topological polar surface area (TPSA) is 92.5 Å². The van der Waals surface area contributed by atoms with Gasteiger partial charge in [0.15, 0.2) is 5.16 Å². The average molecular weight is 458 g/mol. The number of amides is 1. The Morgan fingerprint density at radius 2 is 1.77 bits per heavy atom. The lowest BCUT2D eigenvalue weighted by atomic mass is 9.97. The van der Waals surface area contributed by atoms with Crippen LogP contribution >= 0.6 is 23.4 Å². The Balaban J connectivity index is 1.60. The van der Waals surface area contributed by atoms with Crippen molar-refractivity contribution in [2.24, 2.45) is 5.92 Å². The quantitative estimate of drug-likeness (QED) is 0.466. The van der Waals surface area contributed by atoms with Crippen LogP contribution in [0.3, 0.4) is 0 Å². The molecule has 160 valence electrons. The molecule has 4 rings (SSSR count). The number of carboxylic acid groups (broad SMARTS) is 1. The second-order valence-electron chi connectivity index (χ2n) is 7.31. The van der Waals surface area contributed by atoms with E-state index >= 15 is 0 Å². The number of piperidine rings is 1. The summed E-state index contributed by atoms with van der Waals surface area (Å²) in [5.74, 6) is -1.20. The van der Waals surface area contributed by atoms with Gasteiger partial charge in [0.25, 0.3) is 5.56 Å². The Kier molecular flexibility index (Phi) is 6.29. The van der Waals surface area contributed by atoms with Gasteiger partial charge in [-0.2, -0.15) is 0 Å². The van der Waals surface area contributed by atoms with Gasteiger partial charge in [0.2, 0.25) is 5.91 Å². The van der Waals surface area contributed by atoms with Gasteiger partial charge in [0.1, 0.15) is 0 Å². The van der Waals surface area contributed by atoms with E-state index in [1.165, 1.54) is 16.3 Å². The maximum Gasteiger partial charge on any atom is 0.306 e. The zero-order chi connectivity index (χ0) is 22.0. The molecule has 3 aromatic rings. The zero-order valence-electron chi connectivity index (χ0n) is 16.5. The summed E-state index contributed by atoms with van der Waals surface area (Å²) in [6.07, 6.45) is 0.908. The van der Waals surface area contributed by atoms with E-state index in [1.807, 2.05) is 6.07 Å². The molecule has 1 aliphatic rings. The molecule has 1 N–H and O–H groups in total. The number of benzene rings is 2. The molecule has 0 atom stereocenters. The number of hydrogen-bond donors (Lipinski definition) is 1. The third kappa shape index (κ3) is 4.60. The van der Waals surface area contributed by atoms with E-state index in [9.17, 15) is 14.4 Å². The number of nitrogens with zero attached hydrogens (tertiary/aromatic N) is 3. The fraction of sp³-hybridized carbons (Fsp3) is 0.273. The summed E-state index contributed by atoms with van der Waals surface area (Å²) in [6.45, 7) is 0.844. The third-order valence-corrected chi connectivity index (χ3v) is 6.53. The minimum absolute atomic E-state index is 0.0982. The van der Waals surface area contributed by atoms with Gasteiger partial charge >= 0.3 is 5.97 Å². The molecule has 2 aromatic carbocycles. The SMILES string of the molecule is O=C(O)C1CCN(C(=O)CSc2nc3ccccc3c(=O)n2-c2ccc(Cl)cc2)CC1. The largest absolute Gasteiger partial charge is 0.481 e. The predicted molar refractivity (Wildman–Crippen MR) is 120 cm³/mol. The van der Waals surface area contributed by atoms with Gasteiger partial charge in [-0.15, -0.1) is 0 Å². The van der Waals surface area contributed by atoms with Gasteiger partial charge < -0.3 is 10.0 Å². The number of hydrogen-bond acceptors (Lipinski definition) is 5. The minimum Gasteiger partial charge on any atom is -0.481 e. The second kappa shape index (κ2) is 9.11. The van der Waals surface area contributed by atoms with Gasteiger partial charge in [-0.25, -0.2) is 4.98 Å². The number of aromatic nitrogens is 2. The Morgan fingerprint density at radius 3 is 2.45 bits per heavy atom. The van der Waals surface area contributed by atoms with E-state index < -0.39 is 11.9 Å². The fourth-order valence-corrected chi connectivity index (χ4v) is 4.66. The molecule has 0 saturated carbocycles. The Morgan fingerprint density at radius 1 is 1.10 bits per heavy atom. The van der Waals surface area contributed by atoms with E-state index in [1.54, 1.807) is 47.4 Å². The van der Waals surface area contributed by atoms with E-state index in [2.05, 4.69) is 4.98 Å². The smallest absolute Gasteiger partial charge is 0.306 e. The highest BCUT2D eigenvalue weighted by molar-refractivity contribution is 7.99. The number of likely N-dealkylation sites (tertiary alicyclic amines) is 1. The van der Waals surface area contributed by atoms with Crippen LogP contribution in [0.15, 0.2) is 58.5 Å². The van der Waals surface area contributed by atoms with Crippen LogP contribution in [0.5, 0.6) is 0 Å². The summed E-state index contributed by atoms with van der Waals surface area (Å²) in [5, 5.41) is 10.6. The standard InChI is InChI=1S/C22H20ClN3O4S/c23-15-5-7-16(8-6-15)26-20(28)17-3-1-2-4-18(17)24-22(26)31-13-19(27)25-11-9-14(10-12-25)21(29)30/h1-8,14H,9-13H2,(H,29,30). The molecule has 1 aromatic heterocycles. The van der Waals surface area contributed by atoms with E-state index in [4.69, 9.17) is 16.7 Å². The van der Waals surface area contributed by atoms with E-state index in [-0.39, 0.29) is 17.2 Å². The lowest BCUT2D eigenvalue weighted by molar-refractivity contribution is -0.145. The van der Waals surface area contributed by atoms with Gasteiger partial charge in [-0.3, -0.25) is 19.0 Å². The highest BCUT2D eigenvalue weighted by Gasteiger charge is 2.27. The molecule has 0 aliphatic carbocycles. The van der Waals surface area contributed by atoms with Crippen molar-refractivity contribution in [3.63, 3.8) is 0 Å². The van der Waals surface area contributed by atoms with Crippen LogP contribution in [0.4, 0.5) is 0 Å². The minimum atomic E-state index is -0.811. The molecule has 0 bridgehead atoms. The van der Waals surface area contributed by atoms with E-state index in [0.717, 1.165) is 0 Å². The Labute approximate surface area is 187 Å². The molecule has 0 spiro atoms. The maximum absolute atomic E-state index is 13.2. The van der Waals surface area contributed by atoms with Gasteiger partial charge in [0, 0.05) is 18.1 Å². The summed E-state index contributed by atoms with van der Waals surface area (Å²) in [6, 6.07) is 14.0. The van der Waals surface area contributed by atoms with Crippen molar-refractivity contribution in [2.75, 3.05) is 18.8 Å². The Bertz CT molecular complexity index is 1190. The number of aliphatic carboxylic acids is 1. The first-order chi connectivity index (χ1) is 14.9. The summed E-state index contributed by atoms with van der Waals surface area (Å²) < 4.78 is 1.49. The van der Waals surface area contributed by atoms with Gasteiger partial charge in [-0.05, 0) is 49.2 Å². The van der Waals surface area contributed by atoms with Crippen molar-refractivity contribution in [1.82, 2.24) is 14.5 Å². The van der Waals surface area contributed by atoms with Crippen molar-refractivity contribution in [3.05, 3.63) is 63.9 Å². The monoisotopic (exact) mass is 457 g/mol. The van der Waals surface area contributed by atoms with Crippen LogP contribution in [0.1, 0.15) is 12.8 Å². The van der Waals surface area contributed by atoms with Crippen molar-refractivity contribution in [1.29, 1.82) is 0 Å². The number of carboxylic acids is 1. The fourth-order valence-electron chi connectivity index (χ4n) is 3.62. The van der Waals surface area contributed by atoms with Crippen LogP contribution in [-0.4, -0.2) is 50.3 Å². The summed E-state index contributed by atoms with van der Waals surface area (Å²) in [5.41, 5.74) is 0.963. The average Bonchev–Trinajstić information content (AvgIpc) is 2.78. The van der Waals surface area contributed by atoms with Crippen LogP contribution in [-0.2, 0) is 9.59 Å². The lowest BCUT2D eigenvalue weighted by Crippen LogP contribution is -2.41. The maximum atomic E-state index is 13.2. The molecule has 0 radical (unpaired) electrons. The number of rotatable bonds is 5. The van der Waals surface area contributed by atoms with Crippen LogP contribution < -0.4 is 5.56 Å². The number of halogens is 1. The van der Waals surface area contributed by atoms with Crippen molar-refractivity contribution >= 4 is 46.1 Å². The van der Waals surface area contributed by atoms with Crippen molar-refractivity contribution < 1.29 is 14.7 Å². The molecule has 1 saturated heterocycles. The Hall–Kier alpha value is -2.84. The number of thioether (sulfide) groups is 1. The molecule has 31 heavy (non-hydrogen) atoms. The highest BCUT2D eigenvalue weighted by Crippen LogP contribution is 2.24. The number of carbonyl (C=O) groups is 2. The van der Waals surface area contributed by atoms with Crippen molar-refractivity contribution in [2.45, 2.75) is 18.0 Å². The first-order valence-electron chi connectivity index (χ1n) is 9.85. The van der Waals surface area contributed by atoms with Crippen LogP contribution in [0.2, 0.25) is 5.02 Å². The van der Waals surface area contributed by atoms with Gasteiger partial charge in [0.05, 0.1) is 28.3 Å². The molecular formula is C22H20ClN3O4S. The van der Waals surface area contributed by atoms with Crippen molar-refractivity contribution in [3.8, 4) is 5.69 Å². The molecule has 7 nitrogen and oxygen atoms in total. The third-order valence-electron chi connectivity index (χ3n) is 5.35. The zero-order valence-corrected chi connectivity index (χ0v) is 18.1.